The second-order valence-corrected chi connectivity index (χ2v) is 7.30. The molecule has 0 aliphatic heterocycles. The van der Waals surface area contributed by atoms with Gasteiger partial charge in [0.1, 0.15) is 0 Å². The highest BCUT2D eigenvalue weighted by Gasteiger charge is 2.19. The van der Waals surface area contributed by atoms with Crippen molar-refractivity contribution in [3.05, 3.63) is 57.8 Å². The van der Waals surface area contributed by atoms with Crippen LogP contribution in [-0.2, 0) is 0 Å². The maximum atomic E-state index is 12.9. The lowest BCUT2D eigenvalue weighted by Crippen LogP contribution is -2.27. The second-order valence-electron chi connectivity index (χ2n) is 6.45. The number of hydrogen-bond donors (Lipinski definition) is 1. The Morgan fingerprint density at radius 2 is 1.96 bits per heavy atom. The molecule has 0 radical (unpaired) electrons. The highest BCUT2D eigenvalue weighted by Crippen LogP contribution is 2.25. The maximum absolute atomic E-state index is 12.9. The summed E-state index contributed by atoms with van der Waals surface area (Å²) in [6.07, 6.45) is 1.72. The first kappa shape index (κ1) is 17.6. The molecule has 2 heterocycles. The van der Waals surface area contributed by atoms with Crippen molar-refractivity contribution in [2.75, 3.05) is 0 Å². The molecule has 0 spiro atoms. The zero-order valence-corrected chi connectivity index (χ0v) is 16.3. The van der Waals surface area contributed by atoms with Gasteiger partial charge in [-0.3, -0.25) is 4.79 Å². The number of carbonyl (C=O) groups excluding carboxylic acids is 1. The molecule has 0 saturated heterocycles. The summed E-state index contributed by atoms with van der Waals surface area (Å²) in [4.78, 5) is 17.5. The number of aromatic nitrogens is 3. The smallest absolute Gasteiger partial charge is 0.252 e. The average molecular weight is 401 g/mol. The van der Waals surface area contributed by atoms with E-state index in [0.29, 0.717) is 5.56 Å². The Hall–Kier alpha value is -2.21. The van der Waals surface area contributed by atoms with E-state index in [9.17, 15) is 4.79 Å². The van der Waals surface area contributed by atoms with Crippen molar-refractivity contribution in [2.45, 2.75) is 39.8 Å². The summed E-state index contributed by atoms with van der Waals surface area (Å²) < 4.78 is 2.82. The van der Waals surface area contributed by atoms with Crippen LogP contribution >= 0.6 is 15.9 Å². The number of aryl methyl sites for hydroxylation is 1. The quantitative estimate of drug-likeness (QED) is 0.697. The van der Waals surface area contributed by atoms with Crippen LogP contribution in [0.2, 0.25) is 0 Å². The highest BCUT2D eigenvalue weighted by molar-refractivity contribution is 9.10. The third-order valence-electron chi connectivity index (χ3n) is 4.15. The van der Waals surface area contributed by atoms with Crippen LogP contribution in [0.15, 0.2) is 41.0 Å². The Labute approximate surface area is 155 Å². The van der Waals surface area contributed by atoms with Crippen molar-refractivity contribution >= 4 is 32.9 Å². The molecule has 25 heavy (non-hydrogen) atoms. The van der Waals surface area contributed by atoms with Gasteiger partial charge in [0.15, 0.2) is 5.65 Å². The fraction of sp³-hybridized carbons (Fsp3) is 0.316. The fourth-order valence-electron chi connectivity index (χ4n) is 2.89. The van der Waals surface area contributed by atoms with E-state index in [-0.39, 0.29) is 18.0 Å². The molecule has 0 aliphatic rings. The topological polar surface area (TPSA) is 59.8 Å². The van der Waals surface area contributed by atoms with Crippen molar-refractivity contribution in [3.8, 4) is 0 Å². The van der Waals surface area contributed by atoms with Gasteiger partial charge in [-0.15, -0.1) is 0 Å². The van der Waals surface area contributed by atoms with E-state index in [2.05, 4.69) is 31.3 Å². The van der Waals surface area contributed by atoms with Crippen molar-refractivity contribution in [1.82, 2.24) is 20.1 Å². The van der Waals surface area contributed by atoms with E-state index >= 15 is 0 Å². The minimum absolute atomic E-state index is 0.119. The summed E-state index contributed by atoms with van der Waals surface area (Å²) in [5, 5.41) is 8.25. The predicted molar refractivity (Wildman–Crippen MR) is 103 cm³/mol. The number of halogens is 1. The van der Waals surface area contributed by atoms with E-state index in [1.54, 1.807) is 6.20 Å². The van der Waals surface area contributed by atoms with Crippen molar-refractivity contribution in [1.29, 1.82) is 0 Å². The van der Waals surface area contributed by atoms with Gasteiger partial charge in [0.25, 0.3) is 5.91 Å². The predicted octanol–water partition coefficient (Wildman–Crippen LogP) is 4.57. The lowest BCUT2D eigenvalue weighted by atomic mass is 10.1. The summed E-state index contributed by atoms with van der Waals surface area (Å²) in [5.74, 6) is -0.123. The summed E-state index contributed by atoms with van der Waals surface area (Å²) in [6, 6.07) is 9.77. The Kier molecular flexibility index (Phi) is 4.90. The molecule has 5 nitrogen and oxygen atoms in total. The first-order valence-corrected chi connectivity index (χ1v) is 9.08. The molecule has 0 aliphatic carbocycles. The molecule has 130 valence electrons. The molecule has 0 unspecified atom stereocenters. The lowest BCUT2D eigenvalue weighted by Gasteiger charge is -2.16. The number of fused-ring (bicyclic) bond motifs is 1. The SMILES string of the molecule is Cc1cc(C(=O)N[C@H](C)c2ccccc2Br)c2cnn(C(C)C)c2n1. The van der Waals surface area contributed by atoms with Crippen molar-refractivity contribution < 1.29 is 4.79 Å². The number of hydrogen-bond acceptors (Lipinski definition) is 3. The molecule has 6 heteroatoms. The van der Waals surface area contributed by atoms with Crippen LogP contribution in [0.25, 0.3) is 11.0 Å². The average Bonchev–Trinajstić information content (AvgIpc) is 2.98. The number of pyridine rings is 1. The molecule has 1 N–H and O–H groups in total. The maximum Gasteiger partial charge on any atom is 0.252 e. The molecular weight excluding hydrogens is 380 g/mol. The molecule has 0 bridgehead atoms. The van der Waals surface area contributed by atoms with Crippen LogP contribution in [-0.4, -0.2) is 20.7 Å². The normalized spacial score (nSPS) is 12.6. The fourth-order valence-corrected chi connectivity index (χ4v) is 3.52. The molecule has 0 saturated carbocycles. The Morgan fingerprint density at radius 3 is 2.64 bits per heavy atom. The Bertz CT molecular complexity index is 932. The minimum Gasteiger partial charge on any atom is -0.345 e. The standard InChI is InChI=1S/C19H21BrN4O/c1-11(2)24-18-16(10-21-24)15(9-12(3)22-18)19(25)23-13(4)14-7-5-6-8-17(14)20/h5-11,13H,1-4H3,(H,23,25)/t13-/m1/s1. The first-order valence-electron chi connectivity index (χ1n) is 8.28. The molecule has 0 fully saturated rings. The molecular formula is C19H21BrN4O. The summed E-state index contributed by atoms with van der Waals surface area (Å²) >= 11 is 3.54. The second kappa shape index (κ2) is 6.96. The third-order valence-corrected chi connectivity index (χ3v) is 4.87. The lowest BCUT2D eigenvalue weighted by molar-refractivity contribution is 0.0941. The van der Waals surface area contributed by atoms with Gasteiger partial charge in [-0.25, -0.2) is 9.67 Å². The molecule has 3 rings (SSSR count). The summed E-state index contributed by atoms with van der Waals surface area (Å²) in [7, 11) is 0. The van der Waals surface area contributed by atoms with Crippen molar-refractivity contribution in [3.63, 3.8) is 0 Å². The van der Waals surface area contributed by atoms with E-state index < -0.39 is 0 Å². The van der Waals surface area contributed by atoms with E-state index in [1.807, 2.05) is 62.7 Å². The zero-order chi connectivity index (χ0) is 18.1. The number of amides is 1. The molecule has 1 amide bonds. The largest absolute Gasteiger partial charge is 0.345 e. The van der Waals surface area contributed by atoms with Gasteiger partial charge >= 0.3 is 0 Å². The van der Waals surface area contributed by atoms with Gasteiger partial charge < -0.3 is 5.32 Å². The van der Waals surface area contributed by atoms with Crippen LogP contribution in [0.4, 0.5) is 0 Å². The summed E-state index contributed by atoms with van der Waals surface area (Å²) in [5.41, 5.74) is 3.19. The minimum atomic E-state index is -0.123. The van der Waals surface area contributed by atoms with Crippen LogP contribution in [0.5, 0.6) is 0 Å². The molecule has 3 aromatic rings. The van der Waals surface area contributed by atoms with Gasteiger partial charge in [0, 0.05) is 16.2 Å². The molecule has 1 atom stereocenters. The molecule has 1 aromatic carbocycles. The number of rotatable bonds is 4. The molecule has 2 aromatic heterocycles. The summed E-state index contributed by atoms with van der Waals surface area (Å²) in [6.45, 7) is 7.96. The first-order chi connectivity index (χ1) is 11.9. The Balaban J connectivity index is 1.96. The Morgan fingerprint density at radius 1 is 1.24 bits per heavy atom. The zero-order valence-electron chi connectivity index (χ0n) is 14.7. The van der Waals surface area contributed by atoms with E-state index in [0.717, 1.165) is 26.8 Å². The monoisotopic (exact) mass is 400 g/mol. The van der Waals surface area contributed by atoms with Gasteiger partial charge in [-0.1, -0.05) is 34.1 Å². The third kappa shape index (κ3) is 3.44. The van der Waals surface area contributed by atoms with Gasteiger partial charge in [-0.2, -0.15) is 5.10 Å². The number of nitrogens with one attached hydrogen (secondary N) is 1. The van der Waals surface area contributed by atoms with E-state index in [4.69, 9.17) is 0 Å². The van der Waals surface area contributed by atoms with Gasteiger partial charge in [-0.05, 0) is 45.4 Å². The van der Waals surface area contributed by atoms with Gasteiger partial charge in [0.2, 0.25) is 0 Å². The number of carbonyl (C=O) groups is 1. The number of benzene rings is 1. The van der Waals surface area contributed by atoms with E-state index in [1.165, 1.54) is 0 Å². The van der Waals surface area contributed by atoms with Crippen molar-refractivity contribution in [2.24, 2.45) is 0 Å². The van der Waals surface area contributed by atoms with Crippen LogP contribution in [0.1, 0.15) is 54.5 Å². The van der Waals surface area contributed by atoms with Crippen LogP contribution in [0, 0.1) is 6.92 Å². The van der Waals surface area contributed by atoms with Crippen LogP contribution in [0.3, 0.4) is 0 Å². The van der Waals surface area contributed by atoms with Gasteiger partial charge in [0.05, 0.1) is 23.2 Å². The highest BCUT2D eigenvalue weighted by atomic mass is 79.9. The van der Waals surface area contributed by atoms with Crippen LogP contribution < -0.4 is 5.32 Å². The number of nitrogens with zero attached hydrogens (tertiary/aromatic N) is 3.